The van der Waals surface area contributed by atoms with Crippen LogP contribution in [-0.2, 0) is 9.53 Å². The Labute approximate surface area is 116 Å². The number of nitrogens with zero attached hydrogens (tertiary/aromatic N) is 2. The number of hydrogen-bond donors (Lipinski definition) is 1. The largest absolute Gasteiger partial charge is 0.460 e. The summed E-state index contributed by atoms with van der Waals surface area (Å²) in [6.45, 7) is 9.33. The number of rotatable bonds is 5. The molecular weight excluding hydrogens is 266 g/mol. The van der Waals surface area contributed by atoms with Gasteiger partial charge in [-0.1, -0.05) is 11.8 Å². The summed E-state index contributed by atoms with van der Waals surface area (Å²) in [5.41, 5.74) is -0.691. The molecule has 0 bridgehead atoms. The number of aromatic nitrogens is 3. The summed E-state index contributed by atoms with van der Waals surface area (Å²) in [6, 6.07) is 0.0373. The van der Waals surface area contributed by atoms with Gasteiger partial charge in [-0.05, 0) is 34.6 Å². The molecule has 108 valence electrons. The first-order valence-corrected chi connectivity index (χ1v) is 7.21. The Morgan fingerprint density at radius 3 is 2.63 bits per heavy atom. The van der Waals surface area contributed by atoms with Crippen LogP contribution in [0.3, 0.4) is 0 Å². The molecule has 1 N–H and O–H groups in total. The maximum atomic E-state index is 11.5. The summed E-state index contributed by atoms with van der Waals surface area (Å²) in [5, 5.41) is 6.96. The Kier molecular flexibility index (Phi) is 5.22. The molecule has 0 spiro atoms. The van der Waals surface area contributed by atoms with E-state index in [0.717, 1.165) is 0 Å². The van der Waals surface area contributed by atoms with Crippen LogP contribution in [0.2, 0.25) is 0 Å². The summed E-state index contributed by atoms with van der Waals surface area (Å²) in [5.74, 6) is 0.292. The standard InChI is InChI=1S/C12H21N3O3S/c1-8(2)15-10(17)13-14-11(15)19-7-6-9(16)18-12(3,4)5/h8H,6-7H2,1-5H3,(H,13,17). The molecule has 6 nitrogen and oxygen atoms in total. The summed E-state index contributed by atoms with van der Waals surface area (Å²) in [7, 11) is 0. The van der Waals surface area contributed by atoms with Crippen LogP contribution in [0.25, 0.3) is 0 Å². The van der Waals surface area contributed by atoms with Crippen LogP contribution in [0.1, 0.15) is 47.1 Å². The molecule has 0 aliphatic rings. The predicted molar refractivity (Wildman–Crippen MR) is 74.4 cm³/mol. The molecule has 0 amide bonds. The molecule has 0 saturated carbocycles. The van der Waals surface area contributed by atoms with E-state index >= 15 is 0 Å². The van der Waals surface area contributed by atoms with Gasteiger partial charge in [0.2, 0.25) is 0 Å². The Bertz CT molecular complexity index is 485. The number of carbonyl (C=O) groups is 1. The van der Waals surface area contributed by atoms with E-state index in [1.54, 1.807) is 4.57 Å². The lowest BCUT2D eigenvalue weighted by atomic mass is 10.2. The maximum Gasteiger partial charge on any atom is 0.344 e. The zero-order chi connectivity index (χ0) is 14.6. The van der Waals surface area contributed by atoms with E-state index in [1.807, 2.05) is 34.6 Å². The zero-order valence-electron chi connectivity index (χ0n) is 12.0. The molecular formula is C12H21N3O3S. The van der Waals surface area contributed by atoms with E-state index < -0.39 is 5.60 Å². The fourth-order valence-corrected chi connectivity index (χ4v) is 2.46. The van der Waals surface area contributed by atoms with Gasteiger partial charge in [0, 0.05) is 11.8 Å². The molecule has 19 heavy (non-hydrogen) atoms. The number of ether oxygens (including phenoxy) is 1. The van der Waals surface area contributed by atoms with Crippen molar-refractivity contribution in [3.8, 4) is 0 Å². The number of esters is 1. The van der Waals surface area contributed by atoms with E-state index in [1.165, 1.54) is 11.8 Å². The molecule has 7 heteroatoms. The third kappa shape index (κ3) is 5.10. The first kappa shape index (κ1) is 15.8. The number of nitrogens with one attached hydrogen (secondary N) is 1. The normalized spacial score (nSPS) is 11.9. The third-order valence-corrected chi connectivity index (χ3v) is 3.10. The molecule has 0 unspecified atom stereocenters. The molecule has 1 rings (SSSR count). The molecule has 1 heterocycles. The Balaban J connectivity index is 2.50. The average Bonchev–Trinajstić information content (AvgIpc) is 2.57. The highest BCUT2D eigenvalue weighted by molar-refractivity contribution is 7.99. The van der Waals surface area contributed by atoms with Gasteiger partial charge in [0.05, 0.1) is 6.42 Å². The fraction of sp³-hybridized carbons (Fsp3) is 0.750. The monoisotopic (exact) mass is 287 g/mol. The van der Waals surface area contributed by atoms with Crippen LogP contribution >= 0.6 is 11.8 Å². The highest BCUT2D eigenvalue weighted by Crippen LogP contribution is 2.18. The van der Waals surface area contributed by atoms with E-state index in [9.17, 15) is 9.59 Å². The Hall–Kier alpha value is -1.24. The molecule has 0 atom stereocenters. The minimum absolute atomic E-state index is 0.0373. The van der Waals surface area contributed by atoms with Gasteiger partial charge in [0.1, 0.15) is 5.60 Å². The molecule has 0 aliphatic carbocycles. The lowest BCUT2D eigenvalue weighted by Gasteiger charge is -2.19. The van der Waals surface area contributed by atoms with E-state index in [-0.39, 0.29) is 17.7 Å². The van der Waals surface area contributed by atoms with Crippen molar-refractivity contribution in [1.29, 1.82) is 0 Å². The minimum atomic E-state index is -0.464. The molecule has 0 radical (unpaired) electrons. The van der Waals surface area contributed by atoms with Crippen LogP contribution in [0.5, 0.6) is 0 Å². The Morgan fingerprint density at radius 2 is 2.11 bits per heavy atom. The lowest BCUT2D eigenvalue weighted by Crippen LogP contribution is -2.24. The number of hydrogen-bond acceptors (Lipinski definition) is 5. The van der Waals surface area contributed by atoms with Crippen molar-refractivity contribution in [3.05, 3.63) is 10.5 Å². The van der Waals surface area contributed by atoms with Gasteiger partial charge in [-0.15, -0.1) is 5.10 Å². The summed E-state index contributed by atoms with van der Waals surface area (Å²) in [6.07, 6.45) is 0.293. The van der Waals surface area contributed by atoms with E-state index in [2.05, 4.69) is 10.2 Å². The maximum absolute atomic E-state index is 11.5. The van der Waals surface area contributed by atoms with Gasteiger partial charge in [0.15, 0.2) is 5.16 Å². The number of carbonyl (C=O) groups excluding carboxylic acids is 1. The van der Waals surface area contributed by atoms with E-state index in [4.69, 9.17) is 4.74 Å². The fourth-order valence-electron chi connectivity index (χ4n) is 1.47. The molecule has 0 aliphatic heterocycles. The van der Waals surface area contributed by atoms with Gasteiger partial charge >= 0.3 is 11.7 Å². The molecule has 0 saturated heterocycles. The van der Waals surface area contributed by atoms with Gasteiger partial charge in [0.25, 0.3) is 0 Å². The van der Waals surface area contributed by atoms with Crippen LogP contribution in [0, 0.1) is 0 Å². The van der Waals surface area contributed by atoms with Crippen LogP contribution in [0.15, 0.2) is 9.95 Å². The Morgan fingerprint density at radius 1 is 1.47 bits per heavy atom. The molecule has 1 aromatic heterocycles. The minimum Gasteiger partial charge on any atom is -0.460 e. The zero-order valence-corrected chi connectivity index (χ0v) is 12.8. The second-order valence-electron chi connectivity index (χ2n) is 5.46. The van der Waals surface area contributed by atoms with Crippen molar-refractivity contribution in [3.63, 3.8) is 0 Å². The second-order valence-corrected chi connectivity index (χ2v) is 6.52. The summed E-state index contributed by atoms with van der Waals surface area (Å²) in [4.78, 5) is 23.0. The average molecular weight is 287 g/mol. The summed E-state index contributed by atoms with van der Waals surface area (Å²) < 4.78 is 6.78. The highest BCUT2D eigenvalue weighted by atomic mass is 32.2. The highest BCUT2D eigenvalue weighted by Gasteiger charge is 2.17. The number of thioether (sulfide) groups is 1. The molecule has 1 aromatic rings. The van der Waals surface area contributed by atoms with E-state index in [0.29, 0.717) is 17.3 Å². The van der Waals surface area contributed by atoms with Crippen molar-refractivity contribution >= 4 is 17.7 Å². The van der Waals surface area contributed by atoms with Crippen molar-refractivity contribution in [1.82, 2.24) is 14.8 Å². The number of H-pyrrole nitrogens is 1. The first-order valence-electron chi connectivity index (χ1n) is 6.22. The first-order chi connectivity index (χ1) is 8.70. The van der Waals surface area contributed by atoms with Gasteiger partial charge in [-0.3, -0.25) is 9.36 Å². The molecule has 0 aromatic carbocycles. The topological polar surface area (TPSA) is 77.0 Å². The van der Waals surface area contributed by atoms with Crippen LogP contribution in [-0.4, -0.2) is 32.1 Å². The lowest BCUT2D eigenvalue weighted by molar-refractivity contribution is -0.154. The predicted octanol–water partition coefficient (Wildman–Crippen LogP) is 1.98. The number of aromatic amines is 1. The van der Waals surface area contributed by atoms with Crippen LogP contribution in [0.4, 0.5) is 0 Å². The third-order valence-electron chi connectivity index (χ3n) is 2.15. The SMILES string of the molecule is CC(C)n1c(SCCC(=O)OC(C)(C)C)n[nH]c1=O. The molecule has 0 fully saturated rings. The van der Waals surface area contributed by atoms with Crippen molar-refractivity contribution in [2.45, 2.75) is 57.8 Å². The van der Waals surface area contributed by atoms with Crippen LogP contribution < -0.4 is 5.69 Å². The summed E-state index contributed by atoms with van der Waals surface area (Å²) >= 11 is 1.37. The second kappa shape index (κ2) is 6.27. The van der Waals surface area contributed by atoms with Gasteiger partial charge in [-0.2, -0.15) is 0 Å². The van der Waals surface area contributed by atoms with Crippen molar-refractivity contribution in [2.75, 3.05) is 5.75 Å². The van der Waals surface area contributed by atoms with Gasteiger partial charge < -0.3 is 4.74 Å². The smallest absolute Gasteiger partial charge is 0.344 e. The van der Waals surface area contributed by atoms with Crippen molar-refractivity contribution in [2.24, 2.45) is 0 Å². The van der Waals surface area contributed by atoms with Crippen molar-refractivity contribution < 1.29 is 9.53 Å². The quantitative estimate of drug-likeness (QED) is 0.662. The van der Waals surface area contributed by atoms with Gasteiger partial charge in [-0.25, -0.2) is 9.89 Å².